The van der Waals surface area contributed by atoms with E-state index >= 15 is 0 Å². The summed E-state index contributed by atoms with van der Waals surface area (Å²) in [7, 11) is 0. The molecule has 1 fully saturated rings. The smallest absolute Gasteiger partial charge is 0.275 e. The van der Waals surface area contributed by atoms with Gasteiger partial charge in [-0.25, -0.2) is 0 Å². The van der Waals surface area contributed by atoms with Gasteiger partial charge >= 0.3 is 0 Å². The molecule has 6 rings (SSSR count). The van der Waals surface area contributed by atoms with Crippen LogP contribution in [0, 0.1) is 0 Å². The normalized spacial score (nSPS) is 22.5. The van der Waals surface area contributed by atoms with Crippen molar-refractivity contribution in [1.82, 2.24) is 9.88 Å². The molecule has 0 spiro atoms. The van der Waals surface area contributed by atoms with E-state index in [1.54, 1.807) is 4.90 Å². The Labute approximate surface area is 198 Å². The van der Waals surface area contributed by atoms with E-state index in [0.29, 0.717) is 42.6 Å². The molecule has 34 heavy (non-hydrogen) atoms. The van der Waals surface area contributed by atoms with Crippen LogP contribution in [0.5, 0.6) is 11.5 Å². The topological polar surface area (TPSA) is 72.8 Å². The molecule has 1 N–H and O–H groups in total. The van der Waals surface area contributed by atoms with Gasteiger partial charge in [-0.3, -0.25) is 14.5 Å². The van der Waals surface area contributed by atoms with Crippen LogP contribution in [0.3, 0.4) is 0 Å². The highest BCUT2D eigenvalue weighted by Gasteiger charge is 2.49. The largest absolute Gasteiger partial charge is 0.486 e. The lowest BCUT2D eigenvalue weighted by Gasteiger charge is -2.45. The van der Waals surface area contributed by atoms with Crippen LogP contribution in [-0.4, -0.2) is 41.2 Å². The number of fused-ring (bicyclic) bond motifs is 4. The van der Waals surface area contributed by atoms with Gasteiger partial charge in [-0.2, -0.15) is 0 Å². The molecule has 0 bridgehead atoms. The Bertz CT molecular complexity index is 1280. The molecule has 7 nitrogen and oxygen atoms in total. The molecule has 1 atom stereocenters. The summed E-state index contributed by atoms with van der Waals surface area (Å²) in [5.41, 5.74) is 1.07. The van der Waals surface area contributed by atoms with Crippen LogP contribution in [-0.2, 0) is 11.3 Å². The number of nitrogens with one attached hydrogen (secondary N) is 1. The van der Waals surface area contributed by atoms with Crippen LogP contribution in [0.1, 0.15) is 49.5 Å². The maximum absolute atomic E-state index is 14.0. The SMILES string of the molecule is CC1(C(=O)NC2CCCCC2)Cn2c(cc3ccccc32)C(=O)N1c1ccc2c(c1)OCCO2. The Kier molecular flexibility index (Phi) is 5.01. The van der Waals surface area contributed by atoms with Gasteiger partial charge in [-0.05, 0) is 44.0 Å². The Balaban J connectivity index is 1.46. The number of aromatic nitrogens is 1. The second-order valence-electron chi connectivity index (χ2n) is 9.73. The van der Waals surface area contributed by atoms with Crippen molar-refractivity contribution >= 4 is 28.4 Å². The molecule has 1 saturated carbocycles. The molecule has 0 radical (unpaired) electrons. The lowest BCUT2D eigenvalue weighted by atomic mass is 9.91. The summed E-state index contributed by atoms with van der Waals surface area (Å²) in [6.45, 7) is 3.20. The van der Waals surface area contributed by atoms with Gasteiger partial charge in [-0.15, -0.1) is 0 Å². The summed E-state index contributed by atoms with van der Waals surface area (Å²) in [4.78, 5) is 29.6. The quantitative estimate of drug-likeness (QED) is 0.635. The maximum Gasteiger partial charge on any atom is 0.275 e. The zero-order chi connectivity index (χ0) is 23.3. The van der Waals surface area contributed by atoms with Crippen molar-refractivity contribution in [2.45, 2.75) is 57.2 Å². The number of anilines is 1. The van der Waals surface area contributed by atoms with Crippen molar-refractivity contribution in [3.8, 4) is 11.5 Å². The minimum atomic E-state index is -1.10. The monoisotopic (exact) mass is 459 g/mol. The lowest BCUT2D eigenvalue weighted by molar-refractivity contribution is -0.127. The number of carbonyl (C=O) groups excluding carboxylic acids is 2. The van der Waals surface area contributed by atoms with Gasteiger partial charge in [0.1, 0.15) is 24.4 Å². The second kappa shape index (κ2) is 8.08. The number of carbonyl (C=O) groups is 2. The number of rotatable bonds is 3. The molecule has 0 saturated heterocycles. The number of hydrogen-bond donors (Lipinski definition) is 1. The van der Waals surface area contributed by atoms with E-state index < -0.39 is 5.54 Å². The third-order valence-corrected chi connectivity index (χ3v) is 7.41. The molecule has 7 heteroatoms. The molecule has 3 aromatic rings. The minimum absolute atomic E-state index is 0.119. The molecule has 2 aliphatic heterocycles. The van der Waals surface area contributed by atoms with Crippen molar-refractivity contribution in [2.75, 3.05) is 18.1 Å². The zero-order valence-corrected chi connectivity index (χ0v) is 19.4. The molecule has 3 heterocycles. The van der Waals surface area contributed by atoms with Crippen molar-refractivity contribution in [3.05, 3.63) is 54.2 Å². The Hall–Kier alpha value is -3.48. The van der Waals surface area contributed by atoms with Crippen molar-refractivity contribution in [3.63, 3.8) is 0 Å². The molecular formula is C27H29N3O4. The van der Waals surface area contributed by atoms with E-state index in [-0.39, 0.29) is 17.9 Å². The van der Waals surface area contributed by atoms with Crippen LogP contribution < -0.4 is 19.7 Å². The van der Waals surface area contributed by atoms with Crippen LogP contribution in [0.2, 0.25) is 0 Å². The molecule has 2 aromatic carbocycles. The van der Waals surface area contributed by atoms with Gasteiger partial charge < -0.3 is 19.4 Å². The summed E-state index contributed by atoms with van der Waals surface area (Å²) in [5, 5.41) is 4.27. The van der Waals surface area contributed by atoms with E-state index in [1.807, 2.05) is 60.0 Å². The van der Waals surface area contributed by atoms with Crippen molar-refractivity contribution in [1.29, 1.82) is 0 Å². The van der Waals surface area contributed by atoms with Gasteiger partial charge in [0.2, 0.25) is 5.91 Å². The van der Waals surface area contributed by atoms with Crippen molar-refractivity contribution < 1.29 is 19.1 Å². The highest BCUT2D eigenvalue weighted by molar-refractivity contribution is 6.14. The second-order valence-corrected chi connectivity index (χ2v) is 9.73. The molecule has 3 aliphatic rings. The molecule has 2 amide bonds. The molecule has 1 unspecified atom stereocenters. The van der Waals surface area contributed by atoms with E-state index in [9.17, 15) is 9.59 Å². The Morgan fingerprint density at radius 1 is 1.00 bits per heavy atom. The minimum Gasteiger partial charge on any atom is -0.486 e. The predicted octanol–water partition coefficient (Wildman–Crippen LogP) is 4.28. The molecular weight excluding hydrogens is 430 g/mol. The first-order valence-electron chi connectivity index (χ1n) is 12.2. The van der Waals surface area contributed by atoms with Crippen molar-refractivity contribution in [2.24, 2.45) is 0 Å². The summed E-state index contributed by atoms with van der Waals surface area (Å²) in [5.74, 6) is 0.936. The summed E-state index contributed by atoms with van der Waals surface area (Å²) >= 11 is 0. The highest BCUT2D eigenvalue weighted by Crippen LogP contribution is 2.40. The van der Waals surface area contributed by atoms with Crippen LogP contribution >= 0.6 is 0 Å². The van der Waals surface area contributed by atoms with Crippen LogP contribution in [0.15, 0.2) is 48.5 Å². The summed E-state index contributed by atoms with van der Waals surface area (Å²) in [6.07, 6.45) is 5.43. The predicted molar refractivity (Wildman–Crippen MR) is 130 cm³/mol. The maximum atomic E-state index is 14.0. The van der Waals surface area contributed by atoms with Gasteiger partial charge in [0, 0.05) is 28.7 Å². The van der Waals surface area contributed by atoms with E-state index in [0.717, 1.165) is 36.6 Å². The zero-order valence-electron chi connectivity index (χ0n) is 19.4. The highest BCUT2D eigenvalue weighted by atomic mass is 16.6. The molecule has 176 valence electrons. The third kappa shape index (κ3) is 3.33. The first kappa shape index (κ1) is 21.1. The number of benzene rings is 2. The Morgan fingerprint density at radius 3 is 2.59 bits per heavy atom. The fourth-order valence-electron chi connectivity index (χ4n) is 5.61. The summed E-state index contributed by atoms with van der Waals surface area (Å²) in [6, 6.07) is 15.5. The average Bonchev–Trinajstić information content (AvgIpc) is 3.23. The lowest BCUT2D eigenvalue weighted by Crippen LogP contribution is -2.65. The first-order valence-corrected chi connectivity index (χ1v) is 12.2. The van der Waals surface area contributed by atoms with Gasteiger partial charge in [0.15, 0.2) is 11.5 Å². The molecule has 1 aromatic heterocycles. The van der Waals surface area contributed by atoms with Gasteiger partial charge in [0.25, 0.3) is 5.91 Å². The fourth-order valence-corrected chi connectivity index (χ4v) is 5.61. The third-order valence-electron chi connectivity index (χ3n) is 7.41. The number of ether oxygens (including phenoxy) is 2. The van der Waals surface area contributed by atoms with E-state index in [1.165, 1.54) is 6.42 Å². The van der Waals surface area contributed by atoms with E-state index in [4.69, 9.17) is 9.47 Å². The van der Waals surface area contributed by atoms with Crippen LogP contribution in [0.4, 0.5) is 5.69 Å². The average molecular weight is 460 g/mol. The number of amides is 2. The van der Waals surface area contributed by atoms with Gasteiger partial charge in [0.05, 0.1) is 6.54 Å². The Morgan fingerprint density at radius 2 is 1.76 bits per heavy atom. The van der Waals surface area contributed by atoms with Gasteiger partial charge in [-0.1, -0.05) is 37.5 Å². The standard InChI is InChI=1S/C27H29N3O4/c1-27(26(32)28-19-8-3-2-4-9-19)17-29-21-10-6-5-7-18(21)15-22(29)25(31)30(27)20-11-12-23-24(16-20)34-14-13-33-23/h5-7,10-12,15-16,19H,2-4,8-9,13-14,17H2,1H3,(H,28,32). The van der Waals surface area contributed by atoms with Crippen LogP contribution in [0.25, 0.3) is 10.9 Å². The number of nitrogens with zero attached hydrogens (tertiary/aromatic N) is 2. The number of para-hydroxylation sites is 1. The van der Waals surface area contributed by atoms with E-state index in [2.05, 4.69) is 5.32 Å². The number of hydrogen-bond acceptors (Lipinski definition) is 4. The fraction of sp³-hybridized carbons (Fsp3) is 0.407. The molecule has 1 aliphatic carbocycles. The summed E-state index contributed by atoms with van der Waals surface area (Å²) < 4.78 is 13.5. The first-order chi connectivity index (χ1) is 16.5.